The van der Waals surface area contributed by atoms with Crippen molar-refractivity contribution in [2.75, 3.05) is 12.4 Å². The van der Waals surface area contributed by atoms with Crippen molar-refractivity contribution in [1.82, 2.24) is 0 Å². The Bertz CT molecular complexity index is 205. The molecule has 0 saturated carbocycles. The molecule has 0 radical (unpaired) electrons. The lowest BCUT2D eigenvalue weighted by molar-refractivity contribution is 0.186. The van der Waals surface area contributed by atoms with Crippen molar-refractivity contribution in [1.29, 1.82) is 0 Å². The number of aliphatic hydroxyl groups excluding tert-OH is 1. The van der Waals surface area contributed by atoms with Gasteiger partial charge in [0.05, 0.1) is 12.2 Å². The summed E-state index contributed by atoms with van der Waals surface area (Å²) in [5, 5.41) is 8.72. The van der Waals surface area contributed by atoms with Crippen LogP contribution in [-0.2, 0) is 20.0 Å². The first-order chi connectivity index (χ1) is 6.89. The Hall–Kier alpha value is 0.880. The molecule has 92 valence electrons. The predicted molar refractivity (Wildman–Crippen MR) is 72.3 cm³/mol. The Kier molecular flexibility index (Phi) is 8.51. The van der Waals surface area contributed by atoms with Crippen LogP contribution in [0.1, 0.15) is 34.1 Å². The van der Waals surface area contributed by atoms with E-state index in [9.17, 15) is 0 Å². The minimum atomic E-state index is -2.11. The summed E-state index contributed by atoms with van der Waals surface area (Å²) in [6.07, 6.45) is 0.961. The molecule has 0 spiro atoms. The summed E-state index contributed by atoms with van der Waals surface area (Å²) < 4.78 is 11.5. The van der Waals surface area contributed by atoms with Gasteiger partial charge in [-0.1, -0.05) is 0 Å². The highest BCUT2D eigenvalue weighted by molar-refractivity contribution is 8.62. The van der Waals surface area contributed by atoms with Crippen LogP contribution in [0.25, 0.3) is 0 Å². The van der Waals surface area contributed by atoms with Gasteiger partial charge in [-0.05, 0) is 39.9 Å². The van der Waals surface area contributed by atoms with Crippen LogP contribution in [0.2, 0.25) is 0 Å². The average Bonchev–Trinajstić information content (AvgIpc) is 2.00. The molecule has 0 heterocycles. The fraction of sp³-hybridized carbons (Fsp3) is 1.00. The van der Waals surface area contributed by atoms with Crippen molar-refractivity contribution in [3.63, 3.8) is 0 Å². The van der Waals surface area contributed by atoms with E-state index in [-0.39, 0.29) is 18.8 Å². The third kappa shape index (κ3) is 8.66. The van der Waals surface area contributed by atoms with E-state index in [1.165, 1.54) is 0 Å². The van der Waals surface area contributed by atoms with Crippen LogP contribution < -0.4 is 0 Å². The Morgan fingerprint density at radius 1 is 1.20 bits per heavy atom. The van der Waals surface area contributed by atoms with Crippen molar-refractivity contribution < 1.29 is 14.2 Å². The van der Waals surface area contributed by atoms with E-state index in [2.05, 4.69) is 12.2 Å². The molecule has 0 aromatic rings. The number of hydrogen-bond acceptors (Lipinski definition) is 3. The van der Waals surface area contributed by atoms with E-state index in [0.717, 1.165) is 12.2 Å². The van der Waals surface area contributed by atoms with Crippen LogP contribution in [0.3, 0.4) is 0 Å². The number of aliphatic hydroxyl groups is 1. The molecule has 1 N–H and O–H groups in total. The lowest BCUT2D eigenvalue weighted by atomic mass is 10.5. The van der Waals surface area contributed by atoms with E-state index in [1.807, 2.05) is 27.7 Å². The van der Waals surface area contributed by atoms with Gasteiger partial charge in [0.15, 0.2) is 5.75 Å². The molecule has 0 aliphatic heterocycles. The number of thiol groups is 1. The third-order valence-corrected chi connectivity index (χ3v) is 7.07. The minimum absolute atomic E-state index is 0.108. The van der Waals surface area contributed by atoms with Gasteiger partial charge in [0.1, 0.15) is 0 Å². The molecule has 0 aromatic carbocycles. The highest BCUT2D eigenvalue weighted by atomic mass is 32.9. The lowest BCUT2D eigenvalue weighted by Gasteiger charge is -2.16. The first kappa shape index (κ1) is 15.9. The van der Waals surface area contributed by atoms with Crippen molar-refractivity contribution in [3.8, 4) is 0 Å². The summed E-state index contributed by atoms with van der Waals surface area (Å²) in [5.74, 6) is 0.813. The quantitative estimate of drug-likeness (QED) is 0.324. The SMILES string of the molecule is CC(C)OP(S)(OC(C)C)=[S+]CCCO. The molecular formula is C9H22O3PS2+. The molecule has 0 amide bonds. The topological polar surface area (TPSA) is 38.7 Å². The van der Waals surface area contributed by atoms with Crippen molar-refractivity contribution in [2.45, 2.75) is 46.3 Å². The Balaban J connectivity index is 4.45. The molecule has 0 aromatic heterocycles. The van der Waals surface area contributed by atoms with Crippen LogP contribution in [0.4, 0.5) is 0 Å². The third-order valence-electron chi connectivity index (χ3n) is 1.24. The number of hydrogen-bond donors (Lipinski definition) is 2. The molecule has 6 heteroatoms. The van der Waals surface area contributed by atoms with Gasteiger partial charge in [0.25, 0.3) is 0 Å². The predicted octanol–water partition coefficient (Wildman–Crippen LogP) is 2.91. The normalized spacial score (nSPS) is 12.5. The van der Waals surface area contributed by atoms with Gasteiger partial charge < -0.3 is 5.11 Å². The van der Waals surface area contributed by atoms with Gasteiger partial charge >= 0.3 is 5.69 Å². The van der Waals surface area contributed by atoms with Crippen LogP contribution >= 0.6 is 17.9 Å². The van der Waals surface area contributed by atoms with E-state index in [1.54, 1.807) is 10.9 Å². The maximum atomic E-state index is 8.72. The molecule has 0 bridgehead atoms. The Morgan fingerprint density at radius 2 is 1.67 bits per heavy atom. The smallest absolute Gasteiger partial charge is 0.396 e. The highest BCUT2D eigenvalue weighted by Gasteiger charge is 2.30. The zero-order valence-corrected chi connectivity index (χ0v) is 12.4. The zero-order valence-electron chi connectivity index (χ0n) is 9.84. The first-order valence-corrected chi connectivity index (χ1v) is 9.50. The molecule has 15 heavy (non-hydrogen) atoms. The Labute approximate surface area is 102 Å². The first-order valence-electron chi connectivity index (χ1n) is 5.13. The Morgan fingerprint density at radius 3 is 2.00 bits per heavy atom. The second-order valence-electron chi connectivity index (χ2n) is 3.69. The summed E-state index contributed by atoms with van der Waals surface area (Å²) in [5.41, 5.74) is -2.11. The van der Waals surface area contributed by atoms with Gasteiger partial charge in [0, 0.05) is 13.0 Å². The van der Waals surface area contributed by atoms with Gasteiger partial charge in [-0.15, -0.1) is 0 Å². The summed E-state index contributed by atoms with van der Waals surface area (Å²) in [6.45, 7) is 8.09. The van der Waals surface area contributed by atoms with Crippen LogP contribution in [0.5, 0.6) is 0 Å². The lowest BCUT2D eigenvalue weighted by Crippen LogP contribution is -2.06. The van der Waals surface area contributed by atoms with Crippen molar-refractivity contribution in [2.24, 2.45) is 0 Å². The summed E-state index contributed by atoms with van der Waals surface area (Å²) in [4.78, 5) is 0. The molecule has 0 atom stereocenters. The fourth-order valence-electron chi connectivity index (χ4n) is 0.863. The van der Waals surface area contributed by atoms with E-state index in [0.29, 0.717) is 0 Å². The van der Waals surface area contributed by atoms with Crippen LogP contribution in [0.15, 0.2) is 0 Å². The molecule has 0 saturated heterocycles. The molecular weight excluding hydrogens is 251 g/mol. The van der Waals surface area contributed by atoms with Gasteiger partial charge in [-0.25, -0.2) is 0 Å². The van der Waals surface area contributed by atoms with E-state index >= 15 is 0 Å². The molecule has 0 fully saturated rings. The summed E-state index contributed by atoms with van der Waals surface area (Å²) in [6, 6.07) is 0. The summed E-state index contributed by atoms with van der Waals surface area (Å²) in [7, 11) is 1.58. The fourth-order valence-corrected chi connectivity index (χ4v) is 6.93. The molecule has 0 rings (SSSR count). The zero-order chi connectivity index (χ0) is 11.9. The maximum Gasteiger partial charge on any atom is 0.432 e. The van der Waals surface area contributed by atoms with Crippen LogP contribution in [0, 0.1) is 0 Å². The van der Waals surface area contributed by atoms with Gasteiger partial charge in [0.2, 0.25) is 10.9 Å². The second-order valence-corrected chi connectivity index (χ2v) is 10.3. The molecule has 0 unspecified atom stereocenters. The monoisotopic (exact) mass is 273 g/mol. The van der Waals surface area contributed by atoms with Crippen molar-refractivity contribution >= 4 is 28.9 Å². The minimum Gasteiger partial charge on any atom is -0.396 e. The largest absolute Gasteiger partial charge is 0.432 e. The van der Waals surface area contributed by atoms with Gasteiger partial charge in [-0.2, -0.15) is 0 Å². The van der Waals surface area contributed by atoms with Gasteiger partial charge in [-0.3, -0.25) is 9.05 Å². The summed E-state index contributed by atoms with van der Waals surface area (Å²) >= 11 is 4.52. The molecule has 3 nitrogen and oxygen atoms in total. The number of rotatable bonds is 7. The van der Waals surface area contributed by atoms with E-state index < -0.39 is 5.69 Å². The standard InChI is InChI=1S/C9H22O3PS2/c1-8(2)11-13(14,12-9(3)4)15-7-5-6-10/h8-10,14H,5-7H2,1-4H3/q+1. The second kappa shape index (κ2) is 8.04. The average molecular weight is 273 g/mol. The molecule has 0 aliphatic carbocycles. The van der Waals surface area contributed by atoms with Crippen LogP contribution in [-0.4, -0.2) is 29.7 Å². The van der Waals surface area contributed by atoms with E-state index in [4.69, 9.17) is 14.2 Å². The maximum absolute atomic E-state index is 8.72. The van der Waals surface area contributed by atoms with Crippen molar-refractivity contribution in [3.05, 3.63) is 0 Å². The highest BCUT2D eigenvalue weighted by Crippen LogP contribution is 2.57. The molecule has 0 aliphatic rings.